The largest absolute Gasteiger partial charge is 0.454 e. The third-order valence-electron chi connectivity index (χ3n) is 7.34. The normalized spacial score (nSPS) is 17.6. The standard InChI is InChI=1S/C36H35N3O4/c1-2-3-18-39-30(35(28-10-6-4-7-11-28)37-36(39)29-12-8-5-9-13-29)23-38(21-26-14-16-31-33(19-26)42-24-40-31)22-27-15-17-32-34(20-27)43-25-41-32/h4-17,19-20H,2-3,18,21-25H2,1H3/i1D3,2D2,3D2,18D2. The number of benzene rings is 4. The molecule has 0 unspecified atom stereocenters. The minimum Gasteiger partial charge on any atom is -0.454 e. The highest BCUT2D eigenvalue weighted by atomic mass is 16.7. The molecule has 4 aromatic carbocycles. The second kappa shape index (κ2) is 12.2. The molecule has 0 fully saturated rings. The van der Waals surface area contributed by atoms with Crippen LogP contribution in [0.5, 0.6) is 23.0 Å². The van der Waals surface area contributed by atoms with Gasteiger partial charge in [-0.05, 0) is 41.8 Å². The summed E-state index contributed by atoms with van der Waals surface area (Å²) in [6, 6.07) is 28.8. The lowest BCUT2D eigenvalue weighted by atomic mass is 10.1. The third-order valence-corrected chi connectivity index (χ3v) is 7.34. The van der Waals surface area contributed by atoms with Crippen LogP contribution in [0.3, 0.4) is 0 Å². The van der Waals surface area contributed by atoms with Gasteiger partial charge in [0, 0.05) is 49.6 Å². The molecule has 2 aliphatic heterocycles. The van der Waals surface area contributed by atoms with Crippen LogP contribution >= 0.6 is 0 Å². The molecule has 2 aliphatic rings. The fourth-order valence-corrected chi connectivity index (χ4v) is 5.39. The van der Waals surface area contributed by atoms with Crippen molar-refractivity contribution >= 4 is 0 Å². The number of imidazole rings is 1. The summed E-state index contributed by atoms with van der Waals surface area (Å²) in [4.78, 5) is 6.94. The zero-order valence-electron chi connectivity index (χ0n) is 32.2. The van der Waals surface area contributed by atoms with E-state index in [0.29, 0.717) is 52.9 Å². The molecule has 3 heterocycles. The van der Waals surface area contributed by atoms with Crippen molar-refractivity contribution in [2.45, 2.75) is 45.7 Å². The van der Waals surface area contributed by atoms with Crippen molar-refractivity contribution in [3.63, 3.8) is 0 Å². The van der Waals surface area contributed by atoms with Gasteiger partial charge in [-0.1, -0.05) is 86.0 Å². The van der Waals surface area contributed by atoms with E-state index in [1.54, 1.807) is 54.6 Å². The molecule has 1 aromatic heterocycles. The SMILES string of the molecule is [2H]C([2H])([2H])C([2H])([2H])C([2H])([2H])C([2H])([2H])n1c(-c2ccccc2)nc(-c2ccccc2)c1CN(Cc1ccc2c(c1)OCO2)Cc1ccc2c(c1)OCO2. The maximum absolute atomic E-state index is 9.41. The van der Waals surface area contributed by atoms with Crippen molar-refractivity contribution in [2.75, 3.05) is 13.6 Å². The smallest absolute Gasteiger partial charge is 0.231 e. The fourth-order valence-electron chi connectivity index (χ4n) is 5.39. The molecular weight excluding hydrogens is 538 g/mol. The van der Waals surface area contributed by atoms with Gasteiger partial charge in [0.2, 0.25) is 13.6 Å². The van der Waals surface area contributed by atoms with E-state index in [1.807, 2.05) is 47.4 Å². The Bertz CT molecular complexity index is 2010. The summed E-state index contributed by atoms with van der Waals surface area (Å²) in [6.45, 7) is -6.00. The molecule has 0 saturated heterocycles. The number of nitrogens with zero attached hydrogens (tertiary/aromatic N) is 3. The highest BCUT2D eigenvalue weighted by Crippen LogP contribution is 2.36. The fraction of sp³-hybridized carbons (Fsp3) is 0.250. The number of rotatable bonds is 11. The first kappa shape index (κ1) is 18.7. The van der Waals surface area contributed by atoms with E-state index >= 15 is 0 Å². The van der Waals surface area contributed by atoms with Crippen molar-refractivity contribution in [1.29, 1.82) is 0 Å². The van der Waals surface area contributed by atoms with Crippen LogP contribution in [0.1, 0.15) is 48.8 Å². The minimum atomic E-state index is -3.61. The lowest BCUT2D eigenvalue weighted by Gasteiger charge is -2.25. The van der Waals surface area contributed by atoms with Gasteiger partial charge < -0.3 is 23.5 Å². The number of hydrogen-bond donors (Lipinski definition) is 0. The van der Waals surface area contributed by atoms with Gasteiger partial charge >= 0.3 is 0 Å². The van der Waals surface area contributed by atoms with Crippen LogP contribution in [0.4, 0.5) is 0 Å². The predicted molar refractivity (Wildman–Crippen MR) is 166 cm³/mol. The summed E-state index contributed by atoms with van der Waals surface area (Å²) >= 11 is 0. The first-order valence-corrected chi connectivity index (χ1v) is 13.9. The van der Waals surface area contributed by atoms with Crippen LogP contribution in [-0.4, -0.2) is 28.0 Å². The Kier molecular flexibility index (Phi) is 5.33. The molecule has 0 aliphatic carbocycles. The first-order valence-electron chi connectivity index (χ1n) is 18.4. The number of ether oxygens (including phenoxy) is 4. The van der Waals surface area contributed by atoms with E-state index in [2.05, 4.69) is 0 Å². The van der Waals surface area contributed by atoms with E-state index in [0.717, 1.165) is 15.7 Å². The Balaban J connectivity index is 1.43. The third kappa shape index (κ3) is 5.81. The zero-order chi connectivity index (χ0) is 36.9. The molecule has 0 bridgehead atoms. The van der Waals surface area contributed by atoms with E-state index in [-0.39, 0.29) is 31.6 Å². The van der Waals surface area contributed by atoms with E-state index in [4.69, 9.17) is 33.5 Å². The molecule has 0 N–H and O–H groups in total. The summed E-state index contributed by atoms with van der Waals surface area (Å²) in [7, 11) is 0. The molecule has 43 heavy (non-hydrogen) atoms. The van der Waals surface area contributed by atoms with Crippen LogP contribution in [0.25, 0.3) is 22.6 Å². The number of aromatic nitrogens is 2. The molecule has 0 saturated carbocycles. The summed E-state index contributed by atoms with van der Waals surface area (Å²) in [6.07, 6.45) is -7.19. The van der Waals surface area contributed by atoms with Crippen LogP contribution in [-0.2, 0) is 26.1 Å². The molecule has 0 radical (unpaired) electrons. The van der Waals surface area contributed by atoms with Crippen LogP contribution in [0.15, 0.2) is 97.1 Å². The molecule has 0 amide bonds. The van der Waals surface area contributed by atoms with Gasteiger partial charge in [0.25, 0.3) is 0 Å². The van der Waals surface area contributed by atoms with Crippen molar-refractivity contribution in [1.82, 2.24) is 14.5 Å². The van der Waals surface area contributed by atoms with Crippen molar-refractivity contribution in [3.8, 4) is 45.6 Å². The molecule has 5 aromatic rings. The number of fused-ring (bicyclic) bond motifs is 2. The van der Waals surface area contributed by atoms with Crippen LogP contribution in [0, 0.1) is 0 Å². The zero-order valence-corrected chi connectivity index (χ0v) is 23.2. The molecular formula is C36H35N3O4. The van der Waals surface area contributed by atoms with E-state index < -0.39 is 26.1 Å². The molecule has 7 rings (SSSR count). The summed E-state index contributed by atoms with van der Waals surface area (Å²) in [5.74, 6) is 2.40. The average molecular weight is 583 g/mol. The number of hydrogen-bond acceptors (Lipinski definition) is 6. The van der Waals surface area contributed by atoms with Crippen LogP contribution < -0.4 is 18.9 Å². The summed E-state index contributed by atoms with van der Waals surface area (Å²) < 4.78 is 101. The Morgan fingerprint density at radius 1 is 0.721 bits per heavy atom. The lowest BCUT2D eigenvalue weighted by molar-refractivity contribution is 0.173. The van der Waals surface area contributed by atoms with Gasteiger partial charge in [0.1, 0.15) is 5.82 Å². The molecule has 7 nitrogen and oxygen atoms in total. The second-order valence-electron chi connectivity index (χ2n) is 10.2. The second-order valence-corrected chi connectivity index (χ2v) is 10.2. The average Bonchev–Trinajstić information content (AvgIpc) is 3.87. The first-order chi connectivity index (χ1) is 24.7. The van der Waals surface area contributed by atoms with E-state index in [1.165, 1.54) is 0 Å². The quantitative estimate of drug-likeness (QED) is 0.159. The monoisotopic (exact) mass is 582 g/mol. The van der Waals surface area contributed by atoms with Gasteiger partial charge in [-0.2, -0.15) is 0 Å². The maximum atomic E-state index is 9.41. The molecule has 7 heteroatoms. The van der Waals surface area contributed by atoms with E-state index in [9.17, 15) is 2.74 Å². The topological polar surface area (TPSA) is 58.0 Å². The van der Waals surface area contributed by atoms with Crippen LogP contribution in [0.2, 0.25) is 0 Å². The van der Waals surface area contributed by atoms with Crippen molar-refractivity contribution in [2.24, 2.45) is 0 Å². The molecule has 0 atom stereocenters. The van der Waals surface area contributed by atoms with Gasteiger partial charge in [0.05, 0.1) is 11.4 Å². The Hall–Kier alpha value is -4.75. The summed E-state index contributed by atoms with van der Waals surface area (Å²) in [5, 5.41) is 0. The van der Waals surface area contributed by atoms with Crippen molar-refractivity contribution < 1.29 is 31.3 Å². The van der Waals surface area contributed by atoms with Gasteiger partial charge in [-0.3, -0.25) is 4.90 Å². The molecule has 218 valence electrons. The molecule has 0 spiro atoms. The highest BCUT2D eigenvalue weighted by Gasteiger charge is 2.23. The predicted octanol–water partition coefficient (Wildman–Crippen LogP) is 7.68. The van der Waals surface area contributed by atoms with Crippen molar-refractivity contribution in [3.05, 3.63) is 114 Å². The lowest BCUT2D eigenvalue weighted by Crippen LogP contribution is -2.24. The maximum Gasteiger partial charge on any atom is 0.231 e. The van der Waals surface area contributed by atoms with Gasteiger partial charge in [-0.15, -0.1) is 0 Å². The minimum absolute atomic E-state index is 0.00998. The highest BCUT2D eigenvalue weighted by molar-refractivity contribution is 5.68. The Labute approximate surface area is 264 Å². The Morgan fingerprint density at radius 3 is 1.91 bits per heavy atom. The van der Waals surface area contributed by atoms with Gasteiger partial charge in [-0.25, -0.2) is 4.98 Å². The summed E-state index contributed by atoms with van der Waals surface area (Å²) in [5.41, 5.74) is 3.26. The van der Waals surface area contributed by atoms with Gasteiger partial charge in [0.15, 0.2) is 23.0 Å². The Morgan fingerprint density at radius 2 is 1.30 bits per heavy atom.